The summed E-state index contributed by atoms with van der Waals surface area (Å²) in [6.07, 6.45) is 3.69. The number of halogens is 1. The SMILES string of the molecule is Cc1cc2c3c(c(-[n+]4ccccc4)c(=O)n(Br)c3c1)-c1ccccc1C2=O. The van der Waals surface area contributed by atoms with Gasteiger partial charge in [-0.15, -0.1) is 0 Å². The molecule has 130 valence electrons. The molecule has 4 nitrogen and oxygen atoms in total. The van der Waals surface area contributed by atoms with Gasteiger partial charge in [-0.3, -0.25) is 9.59 Å². The molecule has 1 aliphatic carbocycles. The maximum atomic E-state index is 13.3. The first kappa shape index (κ1) is 16.1. The summed E-state index contributed by atoms with van der Waals surface area (Å²) in [7, 11) is 0. The molecule has 0 spiro atoms. The van der Waals surface area contributed by atoms with E-state index in [-0.39, 0.29) is 11.3 Å². The van der Waals surface area contributed by atoms with Gasteiger partial charge in [-0.05, 0) is 24.6 Å². The van der Waals surface area contributed by atoms with E-state index in [0.29, 0.717) is 22.3 Å². The van der Waals surface area contributed by atoms with Gasteiger partial charge in [0.25, 0.3) is 5.69 Å². The number of aryl methyl sites for hydroxylation is 1. The first-order chi connectivity index (χ1) is 13.1. The summed E-state index contributed by atoms with van der Waals surface area (Å²) in [6.45, 7) is 1.93. The molecule has 0 N–H and O–H groups in total. The monoisotopic (exact) mass is 417 g/mol. The normalized spacial score (nSPS) is 12.3. The van der Waals surface area contributed by atoms with Gasteiger partial charge < -0.3 is 0 Å². The number of pyridine rings is 2. The van der Waals surface area contributed by atoms with E-state index in [1.165, 1.54) is 3.59 Å². The van der Waals surface area contributed by atoms with Crippen molar-refractivity contribution < 1.29 is 9.36 Å². The molecule has 0 unspecified atom stereocenters. The van der Waals surface area contributed by atoms with E-state index in [9.17, 15) is 9.59 Å². The fourth-order valence-electron chi connectivity index (χ4n) is 3.89. The van der Waals surface area contributed by atoms with Crippen molar-refractivity contribution in [2.45, 2.75) is 6.92 Å². The van der Waals surface area contributed by atoms with Crippen molar-refractivity contribution in [3.05, 3.63) is 94.0 Å². The largest absolute Gasteiger partial charge is 0.334 e. The second-order valence-electron chi connectivity index (χ2n) is 6.67. The van der Waals surface area contributed by atoms with Crippen LogP contribution in [0.4, 0.5) is 0 Å². The van der Waals surface area contributed by atoms with Crippen LogP contribution in [0.2, 0.25) is 0 Å². The summed E-state index contributed by atoms with van der Waals surface area (Å²) in [6, 6.07) is 17.0. The molecular formula is C22H14BrN2O2+. The van der Waals surface area contributed by atoms with Crippen molar-refractivity contribution in [1.82, 2.24) is 3.59 Å². The quantitative estimate of drug-likeness (QED) is 0.387. The Labute approximate surface area is 163 Å². The maximum absolute atomic E-state index is 13.3. The van der Waals surface area contributed by atoms with Gasteiger partial charge in [0.05, 0.1) is 27.2 Å². The smallest absolute Gasteiger partial charge is 0.289 e. The summed E-state index contributed by atoms with van der Waals surface area (Å²) in [5.74, 6) is -0.0121. The first-order valence-corrected chi connectivity index (χ1v) is 9.29. The molecule has 0 radical (unpaired) electrons. The van der Waals surface area contributed by atoms with Gasteiger partial charge in [0.2, 0.25) is 0 Å². The predicted molar refractivity (Wildman–Crippen MR) is 108 cm³/mol. The summed E-state index contributed by atoms with van der Waals surface area (Å²) in [5.41, 5.74) is 4.83. The van der Waals surface area contributed by atoms with E-state index in [1.54, 1.807) is 0 Å². The zero-order chi connectivity index (χ0) is 18.7. The van der Waals surface area contributed by atoms with Crippen molar-refractivity contribution in [2.75, 3.05) is 0 Å². The summed E-state index contributed by atoms with van der Waals surface area (Å²) in [4.78, 5) is 26.5. The Morgan fingerprint density at radius 2 is 1.59 bits per heavy atom. The number of carbonyl (C=O) groups excluding carboxylic acids is 1. The molecule has 0 aliphatic heterocycles. The third-order valence-electron chi connectivity index (χ3n) is 5.00. The molecule has 0 saturated heterocycles. The highest BCUT2D eigenvalue weighted by Gasteiger charge is 2.33. The topological polar surface area (TPSA) is 43.0 Å². The number of fused-ring (bicyclic) bond motifs is 2. The minimum Gasteiger partial charge on any atom is -0.289 e. The highest BCUT2D eigenvalue weighted by Crippen LogP contribution is 2.41. The third-order valence-corrected chi connectivity index (χ3v) is 5.70. The van der Waals surface area contributed by atoms with Crippen LogP contribution in [-0.4, -0.2) is 9.38 Å². The molecule has 4 aromatic rings. The molecule has 0 atom stereocenters. The first-order valence-electron chi connectivity index (χ1n) is 8.58. The second kappa shape index (κ2) is 5.72. The number of hydrogen-bond acceptors (Lipinski definition) is 2. The van der Waals surface area contributed by atoms with Crippen LogP contribution in [0, 0.1) is 6.92 Å². The van der Waals surface area contributed by atoms with Gasteiger partial charge in [0, 0.05) is 34.2 Å². The van der Waals surface area contributed by atoms with E-state index < -0.39 is 0 Å². The van der Waals surface area contributed by atoms with Crippen LogP contribution in [0.1, 0.15) is 21.5 Å². The van der Waals surface area contributed by atoms with Gasteiger partial charge in [-0.2, -0.15) is 4.57 Å². The average Bonchev–Trinajstić information content (AvgIpc) is 2.69. The lowest BCUT2D eigenvalue weighted by atomic mass is 9.82. The molecule has 0 amide bonds. The van der Waals surface area contributed by atoms with Crippen LogP contribution < -0.4 is 10.1 Å². The molecule has 2 heterocycles. The van der Waals surface area contributed by atoms with E-state index >= 15 is 0 Å². The van der Waals surface area contributed by atoms with Crippen molar-refractivity contribution in [3.8, 4) is 16.8 Å². The second-order valence-corrected chi connectivity index (χ2v) is 7.38. The number of aromatic nitrogens is 2. The lowest BCUT2D eigenvalue weighted by molar-refractivity contribution is -0.596. The van der Waals surface area contributed by atoms with Crippen LogP contribution in [0.5, 0.6) is 0 Å². The Morgan fingerprint density at radius 1 is 0.889 bits per heavy atom. The fourth-order valence-corrected chi connectivity index (χ4v) is 4.33. The molecular weight excluding hydrogens is 404 g/mol. The number of rotatable bonds is 1. The Balaban J connectivity index is 2.10. The maximum Gasteiger partial charge on any atom is 0.334 e. The van der Waals surface area contributed by atoms with Crippen LogP contribution in [0.15, 0.2) is 71.8 Å². The highest BCUT2D eigenvalue weighted by atomic mass is 79.9. The molecule has 27 heavy (non-hydrogen) atoms. The molecule has 5 heteroatoms. The van der Waals surface area contributed by atoms with Crippen molar-refractivity contribution >= 4 is 32.8 Å². The molecule has 0 bridgehead atoms. The zero-order valence-electron chi connectivity index (χ0n) is 14.4. The molecule has 1 aliphatic rings. The lowest BCUT2D eigenvalue weighted by Gasteiger charge is -2.21. The van der Waals surface area contributed by atoms with Crippen LogP contribution in [0.25, 0.3) is 27.7 Å². The minimum absolute atomic E-state index is 0.0121. The van der Waals surface area contributed by atoms with Gasteiger partial charge in [0.1, 0.15) is 0 Å². The highest BCUT2D eigenvalue weighted by molar-refractivity contribution is 9.08. The molecule has 2 aromatic heterocycles. The Bertz CT molecular complexity index is 1320. The average molecular weight is 418 g/mol. The molecule has 5 rings (SSSR count). The van der Waals surface area contributed by atoms with Crippen LogP contribution >= 0.6 is 16.1 Å². The molecule has 0 saturated carbocycles. The van der Waals surface area contributed by atoms with Gasteiger partial charge in [0.15, 0.2) is 18.2 Å². The summed E-state index contributed by atoms with van der Waals surface area (Å²) in [5, 5.41) is 0.798. The van der Waals surface area contributed by atoms with Crippen molar-refractivity contribution in [2.24, 2.45) is 0 Å². The van der Waals surface area contributed by atoms with E-state index in [0.717, 1.165) is 22.1 Å². The van der Waals surface area contributed by atoms with E-state index in [2.05, 4.69) is 16.1 Å². The van der Waals surface area contributed by atoms with E-state index in [4.69, 9.17) is 0 Å². The predicted octanol–water partition coefficient (Wildman–Crippen LogP) is 3.96. The number of carbonyl (C=O) groups is 1. The number of hydrogen-bond donors (Lipinski definition) is 0. The van der Waals surface area contributed by atoms with Crippen molar-refractivity contribution in [3.63, 3.8) is 0 Å². The summed E-state index contributed by atoms with van der Waals surface area (Å²) < 4.78 is 3.27. The third kappa shape index (κ3) is 2.18. The number of benzene rings is 2. The Kier molecular flexibility index (Phi) is 3.42. The minimum atomic E-state index is -0.172. The molecule has 0 fully saturated rings. The van der Waals surface area contributed by atoms with Gasteiger partial charge in [-0.25, -0.2) is 3.59 Å². The Morgan fingerprint density at radius 3 is 2.33 bits per heavy atom. The zero-order valence-corrected chi connectivity index (χ0v) is 16.0. The lowest BCUT2D eigenvalue weighted by Crippen LogP contribution is -2.39. The number of ketones is 1. The van der Waals surface area contributed by atoms with Crippen LogP contribution in [-0.2, 0) is 0 Å². The van der Waals surface area contributed by atoms with Crippen molar-refractivity contribution in [1.29, 1.82) is 0 Å². The Hall–Kier alpha value is -3.05. The fraction of sp³-hybridized carbons (Fsp3) is 0.0455. The van der Waals surface area contributed by atoms with E-state index in [1.807, 2.05) is 78.5 Å². The number of nitrogens with zero attached hydrogens (tertiary/aromatic N) is 2. The summed E-state index contributed by atoms with van der Waals surface area (Å²) >= 11 is 3.42. The molecule has 2 aromatic carbocycles. The van der Waals surface area contributed by atoms with Crippen LogP contribution in [0.3, 0.4) is 0 Å². The van der Waals surface area contributed by atoms with Gasteiger partial charge in [-0.1, -0.05) is 30.3 Å². The standard InChI is InChI=1S/C22H14BrN2O2/c1-13-11-16-18-17(12-13)25(23)22(27)20(24-9-5-2-6-10-24)19(18)14-7-3-4-8-15(14)21(16)26/h2-12H,1H3/q+1. The van der Waals surface area contributed by atoms with Gasteiger partial charge >= 0.3 is 5.56 Å².